The molecule has 0 radical (unpaired) electrons. The lowest BCUT2D eigenvalue weighted by atomic mass is 10.0. The number of hydrogen-bond donors (Lipinski definition) is 1. The maximum absolute atomic E-state index is 12.6. The average Bonchev–Trinajstić information content (AvgIpc) is 3.06. The van der Waals surface area contributed by atoms with Gasteiger partial charge in [0.05, 0.1) is 12.1 Å². The number of rotatable bonds is 8. The van der Waals surface area contributed by atoms with Gasteiger partial charge in [-0.15, -0.1) is 0 Å². The number of methoxy groups -OCH3 is 1. The normalized spacial score (nSPS) is 11.8. The van der Waals surface area contributed by atoms with Gasteiger partial charge in [-0.25, -0.2) is 9.59 Å². The van der Waals surface area contributed by atoms with Gasteiger partial charge in [0.25, 0.3) is 5.91 Å². The minimum absolute atomic E-state index is 0.0811. The standard InChI is InChI=1S/C20H23ClN2O6/c1-11(2)9-15(19(25)27-4)22-16(24)10-28-20(26)17-12(3)29-23-18(17)13-7-5-6-8-14(13)21/h5-8,11,15H,9-10H2,1-4H3,(H,22,24)/t15-/m0/s1. The van der Waals surface area contributed by atoms with Crippen molar-refractivity contribution in [2.75, 3.05) is 13.7 Å². The molecule has 2 aromatic rings. The lowest BCUT2D eigenvalue weighted by Gasteiger charge is -2.18. The van der Waals surface area contributed by atoms with Crippen LogP contribution in [0.25, 0.3) is 11.3 Å². The number of carbonyl (C=O) groups excluding carboxylic acids is 3. The van der Waals surface area contributed by atoms with E-state index in [1.54, 1.807) is 31.2 Å². The molecule has 29 heavy (non-hydrogen) atoms. The second kappa shape index (κ2) is 10.1. The van der Waals surface area contributed by atoms with Crippen molar-refractivity contribution in [3.8, 4) is 11.3 Å². The summed E-state index contributed by atoms with van der Waals surface area (Å²) >= 11 is 6.17. The van der Waals surface area contributed by atoms with Crippen LogP contribution in [0.5, 0.6) is 0 Å². The first-order valence-electron chi connectivity index (χ1n) is 9.00. The highest BCUT2D eigenvalue weighted by molar-refractivity contribution is 6.33. The summed E-state index contributed by atoms with van der Waals surface area (Å²) in [5.74, 6) is -1.58. The summed E-state index contributed by atoms with van der Waals surface area (Å²) in [5, 5.41) is 6.80. The fraction of sp³-hybridized carbons (Fsp3) is 0.400. The van der Waals surface area contributed by atoms with E-state index in [-0.39, 0.29) is 22.9 Å². The molecule has 0 fully saturated rings. The quantitative estimate of drug-likeness (QED) is 0.651. The maximum atomic E-state index is 12.6. The van der Waals surface area contributed by atoms with E-state index in [4.69, 9.17) is 25.6 Å². The Labute approximate surface area is 173 Å². The Kier molecular flexibility index (Phi) is 7.78. The van der Waals surface area contributed by atoms with Crippen LogP contribution in [0.2, 0.25) is 5.02 Å². The van der Waals surface area contributed by atoms with E-state index in [0.717, 1.165) is 0 Å². The first-order chi connectivity index (χ1) is 13.7. The van der Waals surface area contributed by atoms with Gasteiger partial charge in [-0.1, -0.05) is 48.8 Å². The topological polar surface area (TPSA) is 108 Å². The summed E-state index contributed by atoms with van der Waals surface area (Å²) in [5.41, 5.74) is 0.813. The smallest absolute Gasteiger partial charge is 0.344 e. The van der Waals surface area contributed by atoms with E-state index in [0.29, 0.717) is 17.0 Å². The van der Waals surface area contributed by atoms with E-state index in [1.807, 2.05) is 13.8 Å². The van der Waals surface area contributed by atoms with Crippen molar-refractivity contribution in [1.29, 1.82) is 0 Å². The van der Waals surface area contributed by atoms with Crippen LogP contribution in [0.15, 0.2) is 28.8 Å². The highest BCUT2D eigenvalue weighted by Gasteiger charge is 2.26. The summed E-state index contributed by atoms with van der Waals surface area (Å²) in [6, 6.07) is 6.02. The molecule has 0 aliphatic carbocycles. The van der Waals surface area contributed by atoms with Crippen LogP contribution in [0.1, 0.15) is 36.4 Å². The summed E-state index contributed by atoms with van der Waals surface area (Å²) in [6.07, 6.45) is 0.397. The Morgan fingerprint density at radius 2 is 1.93 bits per heavy atom. The number of aryl methyl sites for hydroxylation is 1. The van der Waals surface area contributed by atoms with E-state index >= 15 is 0 Å². The van der Waals surface area contributed by atoms with Crippen molar-refractivity contribution in [1.82, 2.24) is 10.5 Å². The SMILES string of the molecule is COC(=O)[C@H](CC(C)C)NC(=O)COC(=O)c1c(-c2ccccc2Cl)noc1C. The minimum atomic E-state index is -0.817. The third-order valence-electron chi connectivity index (χ3n) is 4.06. The van der Waals surface area contributed by atoms with Crippen LogP contribution in [-0.2, 0) is 19.1 Å². The van der Waals surface area contributed by atoms with Crippen molar-refractivity contribution in [3.05, 3.63) is 40.6 Å². The number of aromatic nitrogens is 1. The van der Waals surface area contributed by atoms with Gasteiger partial charge in [0.1, 0.15) is 23.1 Å². The number of hydrogen-bond acceptors (Lipinski definition) is 7. The van der Waals surface area contributed by atoms with Crippen LogP contribution in [0, 0.1) is 12.8 Å². The molecule has 0 aliphatic heterocycles. The van der Waals surface area contributed by atoms with E-state index in [9.17, 15) is 14.4 Å². The number of benzene rings is 1. The van der Waals surface area contributed by atoms with Gasteiger partial charge >= 0.3 is 11.9 Å². The van der Waals surface area contributed by atoms with Crippen molar-refractivity contribution >= 4 is 29.4 Å². The third kappa shape index (κ3) is 5.80. The molecule has 0 saturated heterocycles. The van der Waals surface area contributed by atoms with E-state index < -0.39 is 30.5 Å². The van der Waals surface area contributed by atoms with Crippen molar-refractivity contribution in [2.45, 2.75) is 33.2 Å². The molecular weight excluding hydrogens is 400 g/mol. The number of esters is 2. The first-order valence-corrected chi connectivity index (χ1v) is 9.37. The predicted molar refractivity (Wildman–Crippen MR) is 105 cm³/mol. The Balaban J connectivity index is 2.08. The Bertz CT molecular complexity index is 893. The zero-order chi connectivity index (χ0) is 21.6. The average molecular weight is 423 g/mol. The summed E-state index contributed by atoms with van der Waals surface area (Å²) in [6.45, 7) is 4.80. The second-order valence-corrected chi connectivity index (χ2v) is 7.20. The predicted octanol–water partition coefficient (Wildman–Crippen LogP) is 3.16. The summed E-state index contributed by atoms with van der Waals surface area (Å²) < 4.78 is 14.9. The van der Waals surface area contributed by atoms with Crippen LogP contribution < -0.4 is 5.32 Å². The molecule has 1 amide bonds. The summed E-state index contributed by atoms with van der Waals surface area (Å²) in [4.78, 5) is 36.5. The van der Waals surface area contributed by atoms with E-state index in [2.05, 4.69) is 10.5 Å². The lowest BCUT2D eigenvalue weighted by Crippen LogP contribution is -2.44. The fourth-order valence-electron chi connectivity index (χ4n) is 2.72. The van der Waals surface area contributed by atoms with Gasteiger partial charge in [-0.3, -0.25) is 4.79 Å². The molecule has 1 atom stereocenters. The molecule has 156 valence electrons. The van der Waals surface area contributed by atoms with Gasteiger partial charge in [0.2, 0.25) is 0 Å². The van der Waals surface area contributed by atoms with Crippen LogP contribution in [-0.4, -0.2) is 42.8 Å². The number of carbonyl (C=O) groups is 3. The molecular formula is C20H23ClN2O6. The highest BCUT2D eigenvalue weighted by Crippen LogP contribution is 2.31. The van der Waals surface area contributed by atoms with Crippen LogP contribution in [0.4, 0.5) is 0 Å². The number of nitrogens with zero attached hydrogens (tertiary/aromatic N) is 1. The Morgan fingerprint density at radius 1 is 1.24 bits per heavy atom. The maximum Gasteiger partial charge on any atom is 0.344 e. The molecule has 1 heterocycles. The summed E-state index contributed by atoms with van der Waals surface area (Å²) in [7, 11) is 1.24. The highest BCUT2D eigenvalue weighted by atomic mass is 35.5. The van der Waals surface area contributed by atoms with Crippen LogP contribution >= 0.6 is 11.6 Å². The lowest BCUT2D eigenvalue weighted by molar-refractivity contribution is -0.145. The molecule has 1 N–H and O–H groups in total. The zero-order valence-corrected chi connectivity index (χ0v) is 17.4. The molecule has 2 rings (SSSR count). The second-order valence-electron chi connectivity index (χ2n) is 6.79. The van der Waals surface area contributed by atoms with Gasteiger partial charge in [0.15, 0.2) is 6.61 Å². The van der Waals surface area contributed by atoms with E-state index in [1.165, 1.54) is 7.11 Å². The molecule has 1 aromatic carbocycles. The monoisotopic (exact) mass is 422 g/mol. The number of ether oxygens (including phenoxy) is 2. The molecule has 0 aliphatic rings. The number of halogens is 1. The van der Waals surface area contributed by atoms with Gasteiger partial charge in [-0.05, 0) is 25.3 Å². The molecule has 9 heteroatoms. The third-order valence-corrected chi connectivity index (χ3v) is 4.39. The van der Waals surface area contributed by atoms with Crippen molar-refractivity contribution < 1.29 is 28.4 Å². The Morgan fingerprint density at radius 3 is 2.55 bits per heavy atom. The fourth-order valence-corrected chi connectivity index (χ4v) is 2.94. The molecule has 0 spiro atoms. The van der Waals surface area contributed by atoms with Crippen LogP contribution in [0.3, 0.4) is 0 Å². The first kappa shape index (κ1) is 22.4. The number of nitrogens with one attached hydrogen (secondary N) is 1. The van der Waals surface area contributed by atoms with Crippen molar-refractivity contribution in [3.63, 3.8) is 0 Å². The molecule has 8 nitrogen and oxygen atoms in total. The molecule has 0 bridgehead atoms. The molecule has 1 aromatic heterocycles. The van der Waals surface area contributed by atoms with Gasteiger partial charge in [0, 0.05) is 5.56 Å². The zero-order valence-electron chi connectivity index (χ0n) is 16.7. The van der Waals surface area contributed by atoms with Gasteiger partial charge < -0.3 is 19.3 Å². The number of amides is 1. The molecule has 0 unspecified atom stereocenters. The largest absolute Gasteiger partial charge is 0.467 e. The van der Waals surface area contributed by atoms with Crippen molar-refractivity contribution in [2.24, 2.45) is 5.92 Å². The Hall–Kier alpha value is -2.87. The minimum Gasteiger partial charge on any atom is -0.467 e. The van der Waals surface area contributed by atoms with Gasteiger partial charge in [-0.2, -0.15) is 0 Å². The molecule has 0 saturated carbocycles.